The van der Waals surface area contributed by atoms with Gasteiger partial charge in [-0.15, -0.1) is 11.3 Å². The van der Waals surface area contributed by atoms with Crippen LogP contribution in [0.3, 0.4) is 0 Å². The van der Waals surface area contributed by atoms with Crippen LogP contribution in [0, 0.1) is 5.92 Å². The van der Waals surface area contributed by atoms with Crippen molar-refractivity contribution < 1.29 is 4.79 Å². The average Bonchev–Trinajstić information content (AvgIpc) is 2.89. The van der Waals surface area contributed by atoms with Gasteiger partial charge >= 0.3 is 0 Å². The molecule has 0 bridgehead atoms. The van der Waals surface area contributed by atoms with E-state index < -0.39 is 0 Å². The molecule has 1 aliphatic heterocycles. The van der Waals surface area contributed by atoms with E-state index in [-0.39, 0.29) is 5.91 Å². The first-order chi connectivity index (χ1) is 8.66. The summed E-state index contributed by atoms with van der Waals surface area (Å²) >= 11 is 1.53. The van der Waals surface area contributed by atoms with Gasteiger partial charge in [0.1, 0.15) is 0 Å². The Hall–Kier alpha value is -0.870. The molecule has 0 spiro atoms. The van der Waals surface area contributed by atoms with Gasteiger partial charge in [-0.1, -0.05) is 19.9 Å². The third-order valence-corrected chi connectivity index (χ3v) is 4.11. The Bertz CT molecular complexity index is 375. The minimum atomic E-state index is 0.195. The lowest BCUT2D eigenvalue weighted by atomic mass is 10.0. The smallest absolute Gasteiger partial charge is 0.263 e. The molecule has 0 aromatic carbocycles. The van der Waals surface area contributed by atoms with Gasteiger partial charge in [-0.2, -0.15) is 0 Å². The van der Waals surface area contributed by atoms with Crippen LogP contribution in [0.1, 0.15) is 36.4 Å². The Balaban J connectivity index is 1.88. The van der Waals surface area contributed by atoms with Crippen molar-refractivity contribution in [1.82, 2.24) is 10.2 Å². The van der Waals surface area contributed by atoms with Crippen molar-refractivity contribution in [3.63, 3.8) is 0 Å². The molecule has 1 unspecified atom stereocenters. The van der Waals surface area contributed by atoms with Crippen LogP contribution in [-0.4, -0.2) is 36.5 Å². The van der Waals surface area contributed by atoms with E-state index in [9.17, 15) is 4.79 Å². The number of thiophene rings is 1. The van der Waals surface area contributed by atoms with Gasteiger partial charge in [0, 0.05) is 19.1 Å². The number of carbonyl (C=O) groups is 1. The average molecular weight is 266 g/mol. The molecule has 100 valence electrons. The fourth-order valence-corrected chi connectivity index (χ4v) is 2.98. The SMILES string of the molecule is CC(C)CNC1CCCN(C(=O)c2cccs2)C1. The molecule has 1 aromatic rings. The van der Waals surface area contributed by atoms with Crippen molar-refractivity contribution in [1.29, 1.82) is 0 Å². The van der Waals surface area contributed by atoms with E-state index in [1.807, 2.05) is 22.4 Å². The highest BCUT2D eigenvalue weighted by Crippen LogP contribution is 2.17. The number of nitrogens with one attached hydrogen (secondary N) is 1. The molecule has 0 radical (unpaired) electrons. The van der Waals surface area contributed by atoms with E-state index in [2.05, 4.69) is 19.2 Å². The molecular weight excluding hydrogens is 244 g/mol. The molecular formula is C14H22N2OS. The van der Waals surface area contributed by atoms with Gasteiger partial charge in [0.25, 0.3) is 5.91 Å². The first kappa shape index (κ1) is 13.6. The summed E-state index contributed by atoms with van der Waals surface area (Å²) in [5.74, 6) is 0.856. The Labute approximate surface area is 113 Å². The maximum atomic E-state index is 12.3. The summed E-state index contributed by atoms with van der Waals surface area (Å²) in [6, 6.07) is 4.32. The fourth-order valence-electron chi connectivity index (χ4n) is 2.29. The molecule has 1 saturated heterocycles. The quantitative estimate of drug-likeness (QED) is 0.908. The molecule has 1 N–H and O–H groups in total. The van der Waals surface area contributed by atoms with Crippen LogP contribution in [0.4, 0.5) is 0 Å². The molecule has 1 amide bonds. The van der Waals surface area contributed by atoms with E-state index in [1.54, 1.807) is 0 Å². The predicted molar refractivity (Wildman–Crippen MR) is 76.1 cm³/mol. The molecule has 3 nitrogen and oxygen atoms in total. The van der Waals surface area contributed by atoms with E-state index in [1.165, 1.54) is 17.8 Å². The minimum Gasteiger partial charge on any atom is -0.336 e. The van der Waals surface area contributed by atoms with Crippen molar-refractivity contribution in [2.24, 2.45) is 5.92 Å². The summed E-state index contributed by atoms with van der Waals surface area (Å²) in [6.45, 7) is 7.21. The van der Waals surface area contributed by atoms with Crippen LogP contribution >= 0.6 is 11.3 Å². The van der Waals surface area contributed by atoms with Crippen molar-refractivity contribution in [3.8, 4) is 0 Å². The Kier molecular flexibility index (Phi) is 4.78. The Morgan fingerprint density at radius 1 is 1.61 bits per heavy atom. The summed E-state index contributed by atoms with van der Waals surface area (Å²) < 4.78 is 0. The molecule has 1 aromatic heterocycles. The highest BCUT2D eigenvalue weighted by Gasteiger charge is 2.24. The van der Waals surface area contributed by atoms with Gasteiger partial charge in [0.15, 0.2) is 0 Å². The van der Waals surface area contributed by atoms with Gasteiger partial charge in [0.05, 0.1) is 4.88 Å². The van der Waals surface area contributed by atoms with Crippen LogP contribution < -0.4 is 5.32 Å². The number of amides is 1. The Morgan fingerprint density at radius 3 is 3.11 bits per heavy atom. The summed E-state index contributed by atoms with van der Waals surface area (Å²) in [4.78, 5) is 15.1. The molecule has 1 fully saturated rings. The number of piperidine rings is 1. The predicted octanol–water partition coefficient (Wildman–Crippen LogP) is 2.60. The zero-order chi connectivity index (χ0) is 13.0. The molecule has 1 atom stereocenters. The third kappa shape index (κ3) is 3.56. The van der Waals surface area contributed by atoms with Crippen LogP contribution in [-0.2, 0) is 0 Å². The van der Waals surface area contributed by atoms with Crippen LogP contribution in [0.15, 0.2) is 17.5 Å². The first-order valence-corrected chi connectivity index (χ1v) is 7.61. The second-order valence-corrected chi connectivity index (χ2v) is 6.32. The molecule has 2 heterocycles. The fraction of sp³-hybridized carbons (Fsp3) is 0.643. The normalized spacial score (nSPS) is 20.4. The number of hydrogen-bond donors (Lipinski definition) is 1. The van der Waals surface area contributed by atoms with E-state index in [4.69, 9.17) is 0 Å². The van der Waals surface area contributed by atoms with Gasteiger partial charge in [0.2, 0.25) is 0 Å². The van der Waals surface area contributed by atoms with Crippen LogP contribution in [0.5, 0.6) is 0 Å². The van der Waals surface area contributed by atoms with E-state index in [0.717, 1.165) is 30.9 Å². The number of likely N-dealkylation sites (tertiary alicyclic amines) is 1. The summed E-state index contributed by atoms with van der Waals surface area (Å²) in [5.41, 5.74) is 0. The molecule has 2 rings (SSSR count). The number of nitrogens with zero attached hydrogens (tertiary/aromatic N) is 1. The summed E-state index contributed by atoms with van der Waals surface area (Å²) in [7, 11) is 0. The molecule has 1 aliphatic rings. The number of hydrogen-bond acceptors (Lipinski definition) is 3. The third-order valence-electron chi connectivity index (χ3n) is 3.26. The lowest BCUT2D eigenvalue weighted by Crippen LogP contribution is -2.48. The van der Waals surface area contributed by atoms with Crippen molar-refractivity contribution in [3.05, 3.63) is 22.4 Å². The van der Waals surface area contributed by atoms with Crippen molar-refractivity contribution in [2.75, 3.05) is 19.6 Å². The van der Waals surface area contributed by atoms with Gasteiger partial charge in [-0.05, 0) is 36.8 Å². The second kappa shape index (κ2) is 6.34. The molecule has 0 saturated carbocycles. The van der Waals surface area contributed by atoms with Gasteiger partial charge < -0.3 is 10.2 Å². The highest BCUT2D eigenvalue weighted by atomic mass is 32.1. The Morgan fingerprint density at radius 2 is 2.44 bits per heavy atom. The number of carbonyl (C=O) groups excluding carboxylic acids is 1. The van der Waals surface area contributed by atoms with Crippen LogP contribution in [0.2, 0.25) is 0 Å². The summed E-state index contributed by atoms with van der Waals surface area (Å²) in [6.07, 6.45) is 2.29. The zero-order valence-corrected chi connectivity index (χ0v) is 12.0. The standard InChI is InChI=1S/C14H22N2OS/c1-11(2)9-15-12-5-3-7-16(10-12)14(17)13-6-4-8-18-13/h4,6,8,11-12,15H,3,5,7,9-10H2,1-2H3. The molecule has 0 aliphatic carbocycles. The van der Waals surface area contributed by atoms with E-state index >= 15 is 0 Å². The topological polar surface area (TPSA) is 32.3 Å². The minimum absolute atomic E-state index is 0.195. The van der Waals surface area contributed by atoms with Crippen molar-refractivity contribution >= 4 is 17.2 Å². The lowest BCUT2D eigenvalue weighted by molar-refractivity contribution is 0.0699. The molecule has 18 heavy (non-hydrogen) atoms. The molecule has 4 heteroatoms. The maximum absolute atomic E-state index is 12.3. The first-order valence-electron chi connectivity index (χ1n) is 6.73. The summed E-state index contributed by atoms with van der Waals surface area (Å²) in [5, 5.41) is 5.52. The highest BCUT2D eigenvalue weighted by molar-refractivity contribution is 7.12. The zero-order valence-electron chi connectivity index (χ0n) is 11.2. The number of rotatable bonds is 4. The van der Waals surface area contributed by atoms with Gasteiger partial charge in [-0.3, -0.25) is 4.79 Å². The lowest BCUT2D eigenvalue weighted by Gasteiger charge is -2.33. The monoisotopic (exact) mass is 266 g/mol. The van der Waals surface area contributed by atoms with E-state index in [0.29, 0.717) is 12.0 Å². The second-order valence-electron chi connectivity index (χ2n) is 5.37. The van der Waals surface area contributed by atoms with Gasteiger partial charge in [-0.25, -0.2) is 0 Å². The largest absolute Gasteiger partial charge is 0.336 e. The van der Waals surface area contributed by atoms with Crippen molar-refractivity contribution in [2.45, 2.75) is 32.7 Å². The maximum Gasteiger partial charge on any atom is 0.263 e. The van der Waals surface area contributed by atoms with Crippen LogP contribution in [0.25, 0.3) is 0 Å².